The number of methoxy groups -OCH3 is 1. The van der Waals surface area contributed by atoms with Gasteiger partial charge in [-0.1, -0.05) is 23.5 Å². The van der Waals surface area contributed by atoms with Crippen LogP contribution in [0, 0.1) is 12.8 Å². The maximum atomic E-state index is 14.4. The van der Waals surface area contributed by atoms with Gasteiger partial charge in [-0.3, -0.25) is 4.79 Å². The first-order chi connectivity index (χ1) is 21.0. The van der Waals surface area contributed by atoms with Crippen LogP contribution >= 0.6 is 11.3 Å². The van der Waals surface area contributed by atoms with Crippen LogP contribution < -0.4 is 5.32 Å². The lowest BCUT2D eigenvalue weighted by Crippen LogP contribution is -2.47. The number of fused-ring (bicyclic) bond motifs is 1. The van der Waals surface area contributed by atoms with Crippen LogP contribution in [0.3, 0.4) is 0 Å². The van der Waals surface area contributed by atoms with Crippen LogP contribution in [0.15, 0.2) is 30.5 Å². The molecule has 2 atom stereocenters. The number of hydrogen-bond acceptors (Lipinski definition) is 8. The third-order valence-electron chi connectivity index (χ3n) is 7.39. The molecule has 9 nitrogen and oxygen atoms in total. The van der Waals surface area contributed by atoms with E-state index in [1.54, 1.807) is 27.7 Å². The SMILES string of the molecule is COC(c1c(Nc2ccc(C(N(C)C(=O)C3CCN(C(=O)OC(C)(C)C)CC3)C(F)(F)F)cc2)cnc2sc(C)nc12)C(F)F. The van der Waals surface area contributed by atoms with Gasteiger partial charge in [0.2, 0.25) is 5.91 Å². The molecule has 2 aromatic heterocycles. The first-order valence-electron chi connectivity index (χ1n) is 14.3. The fourth-order valence-corrected chi connectivity index (χ4v) is 6.10. The van der Waals surface area contributed by atoms with Gasteiger partial charge in [0, 0.05) is 44.4 Å². The molecule has 1 aromatic carbocycles. The van der Waals surface area contributed by atoms with E-state index >= 15 is 0 Å². The second kappa shape index (κ2) is 13.4. The number of rotatable bonds is 8. The molecule has 2 unspecified atom stereocenters. The Morgan fingerprint density at radius 2 is 1.73 bits per heavy atom. The Labute approximate surface area is 261 Å². The van der Waals surface area contributed by atoms with Crippen LogP contribution in [0.2, 0.25) is 0 Å². The maximum absolute atomic E-state index is 14.4. The molecular weight excluding hydrogens is 621 g/mol. The second-order valence-corrected chi connectivity index (χ2v) is 13.0. The number of nitrogens with zero attached hydrogens (tertiary/aromatic N) is 4. The fraction of sp³-hybridized carbons (Fsp3) is 0.533. The molecule has 15 heteroatoms. The molecule has 0 bridgehead atoms. The zero-order valence-corrected chi connectivity index (χ0v) is 26.6. The summed E-state index contributed by atoms with van der Waals surface area (Å²) in [6.07, 6.45) is -8.05. The molecule has 0 spiro atoms. The smallest absolute Gasteiger partial charge is 0.413 e. The first kappa shape index (κ1) is 34.3. The molecule has 2 amide bonds. The normalized spacial score (nSPS) is 16.1. The molecule has 3 aromatic rings. The summed E-state index contributed by atoms with van der Waals surface area (Å²) in [6, 6.07) is 2.97. The van der Waals surface area contributed by atoms with E-state index in [1.807, 2.05) is 0 Å². The third kappa shape index (κ3) is 7.98. The maximum Gasteiger partial charge on any atom is 0.413 e. The molecule has 4 rings (SSSR count). The van der Waals surface area contributed by atoms with Gasteiger partial charge >= 0.3 is 12.3 Å². The lowest BCUT2D eigenvalue weighted by atomic mass is 9.94. The van der Waals surface area contributed by atoms with Crippen molar-refractivity contribution in [2.24, 2.45) is 5.92 Å². The summed E-state index contributed by atoms with van der Waals surface area (Å²) in [4.78, 5) is 36.9. The Hall–Kier alpha value is -3.59. The molecule has 1 aliphatic rings. The molecule has 0 radical (unpaired) electrons. The molecule has 3 heterocycles. The number of thiazole rings is 1. The summed E-state index contributed by atoms with van der Waals surface area (Å²) in [5.41, 5.74) is -0.0593. The Kier molecular flexibility index (Phi) is 10.2. The van der Waals surface area contributed by atoms with Crippen molar-refractivity contribution < 1.29 is 41.0 Å². The van der Waals surface area contributed by atoms with Gasteiger partial charge in [-0.05, 0) is 58.2 Å². The van der Waals surface area contributed by atoms with Crippen LogP contribution in [-0.2, 0) is 14.3 Å². The van der Waals surface area contributed by atoms with Crippen molar-refractivity contribution in [1.29, 1.82) is 0 Å². The summed E-state index contributed by atoms with van der Waals surface area (Å²) < 4.78 is 81.4. The number of benzene rings is 1. The van der Waals surface area contributed by atoms with Gasteiger partial charge < -0.3 is 24.6 Å². The number of pyridine rings is 1. The fourth-order valence-electron chi connectivity index (χ4n) is 5.32. The largest absolute Gasteiger partial charge is 0.444 e. The molecule has 0 aliphatic carbocycles. The van der Waals surface area contributed by atoms with Gasteiger partial charge in [-0.2, -0.15) is 13.2 Å². The number of hydrogen-bond donors (Lipinski definition) is 1. The van der Waals surface area contributed by atoms with Crippen molar-refractivity contribution in [1.82, 2.24) is 19.8 Å². The number of piperidine rings is 1. The molecular formula is C30H36F5N5O4S. The van der Waals surface area contributed by atoms with E-state index in [-0.39, 0.29) is 48.3 Å². The quantitative estimate of drug-likeness (QED) is 0.252. The summed E-state index contributed by atoms with van der Waals surface area (Å²) in [7, 11) is 2.27. The number of anilines is 2. The Morgan fingerprint density at radius 1 is 1.11 bits per heavy atom. The predicted molar refractivity (Wildman–Crippen MR) is 160 cm³/mol. The average Bonchev–Trinajstić information content (AvgIpc) is 3.33. The first-order valence-corrected chi connectivity index (χ1v) is 15.1. The lowest BCUT2D eigenvalue weighted by molar-refractivity contribution is -0.191. The van der Waals surface area contributed by atoms with Crippen molar-refractivity contribution in [3.63, 3.8) is 0 Å². The molecule has 246 valence electrons. The van der Waals surface area contributed by atoms with E-state index in [1.165, 1.54) is 46.7 Å². The van der Waals surface area contributed by atoms with Crippen molar-refractivity contribution in [3.8, 4) is 0 Å². The zero-order valence-electron chi connectivity index (χ0n) is 25.7. The topological polar surface area (TPSA) is 96.9 Å². The minimum atomic E-state index is -4.79. The van der Waals surface area contributed by atoms with Crippen molar-refractivity contribution in [2.75, 3.05) is 32.6 Å². The van der Waals surface area contributed by atoms with E-state index in [4.69, 9.17) is 9.47 Å². The summed E-state index contributed by atoms with van der Waals surface area (Å²) in [6.45, 7) is 7.30. The van der Waals surface area contributed by atoms with Gasteiger partial charge in [0.15, 0.2) is 6.04 Å². The number of ether oxygens (including phenoxy) is 2. The molecule has 0 saturated carbocycles. The number of aryl methyl sites for hydroxylation is 1. The van der Waals surface area contributed by atoms with Crippen LogP contribution in [0.5, 0.6) is 0 Å². The van der Waals surface area contributed by atoms with Crippen LogP contribution in [0.25, 0.3) is 10.3 Å². The van der Waals surface area contributed by atoms with E-state index in [0.717, 1.165) is 14.2 Å². The highest BCUT2D eigenvalue weighted by atomic mass is 32.1. The number of halogens is 5. The van der Waals surface area contributed by atoms with Crippen molar-refractivity contribution in [3.05, 3.63) is 46.6 Å². The molecule has 1 fully saturated rings. The number of carbonyl (C=O) groups excluding carboxylic acids is 2. The van der Waals surface area contributed by atoms with Gasteiger partial charge in [-0.15, -0.1) is 0 Å². The number of amides is 2. The van der Waals surface area contributed by atoms with E-state index in [9.17, 15) is 31.5 Å². The van der Waals surface area contributed by atoms with E-state index in [0.29, 0.717) is 20.4 Å². The van der Waals surface area contributed by atoms with Crippen molar-refractivity contribution >= 4 is 45.1 Å². The predicted octanol–water partition coefficient (Wildman–Crippen LogP) is 7.40. The third-order valence-corrected chi connectivity index (χ3v) is 8.26. The number of carbonyl (C=O) groups is 2. The highest BCUT2D eigenvalue weighted by molar-refractivity contribution is 7.18. The van der Waals surface area contributed by atoms with E-state index in [2.05, 4.69) is 15.3 Å². The minimum Gasteiger partial charge on any atom is -0.444 e. The Balaban J connectivity index is 1.52. The number of aromatic nitrogens is 2. The Morgan fingerprint density at radius 3 is 2.27 bits per heavy atom. The van der Waals surface area contributed by atoms with E-state index < -0.39 is 48.3 Å². The van der Waals surface area contributed by atoms with Crippen LogP contribution in [0.1, 0.15) is 61.9 Å². The van der Waals surface area contributed by atoms with Crippen LogP contribution in [-0.4, -0.2) is 77.2 Å². The minimum absolute atomic E-state index is 0.0853. The summed E-state index contributed by atoms with van der Waals surface area (Å²) >= 11 is 1.23. The van der Waals surface area contributed by atoms with Gasteiger partial charge in [0.05, 0.1) is 16.9 Å². The van der Waals surface area contributed by atoms with Crippen LogP contribution in [0.4, 0.5) is 38.1 Å². The molecule has 1 N–H and O–H groups in total. The second-order valence-electron chi connectivity index (χ2n) is 11.8. The molecule has 1 aliphatic heterocycles. The highest BCUT2D eigenvalue weighted by Gasteiger charge is 2.46. The van der Waals surface area contributed by atoms with Crippen molar-refractivity contribution in [2.45, 2.75) is 70.9 Å². The lowest BCUT2D eigenvalue weighted by Gasteiger charge is -2.37. The number of alkyl halides is 5. The average molecular weight is 658 g/mol. The zero-order chi connectivity index (χ0) is 33.3. The highest BCUT2D eigenvalue weighted by Crippen LogP contribution is 2.41. The summed E-state index contributed by atoms with van der Waals surface area (Å²) in [5, 5.41) is 3.58. The summed E-state index contributed by atoms with van der Waals surface area (Å²) in [5.74, 6) is -1.37. The molecule has 1 saturated heterocycles. The Bertz CT molecular complexity index is 1500. The number of nitrogens with one attached hydrogen (secondary N) is 1. The number of likely N-dealkylation sites (tertiary alicyclic amines) is 1. The standard InChI is InChI=1S/C30H36F5N5O4S/c1-16-37-22-21(23(43-6)25(31)32)20(15-36-26(22)45-16)38-19-9-7-17(8-10-19)24(30(33,34)35)39(5)27(41)18-11-13-40(14-12-18)28(42)44-29(2,3)4/h7-10,15,18,23-25,38H,11-14H2,1-6H3. The monoisotopic (exact) mass is 657 g/mol. The van der Waals surface area contributed by atoms with Gasteiger partial charge in [0.1, 0.15) is 22.1 Å². The van der Waals surface area contributed by atoms with Gasteiger partial charge in [-0.25, -0.2) is 23.5 Å². The van der Waals surface area contributed by atoms with Gasteiger partial charge in [0.25, 0.3) is 6.43 Å². The molecule has 45 heavy (non-hydrogen) atoms.